The van der Waals surface area contributed by atoms with Crippen molar-refractivity contribution in [2.24, 2.45) is 5.92 Å². The van der Waals surface area contributed by atoms with Crippen molar-refractivity contribution in [3.8, 4) is 0 Å². The summed E-state index contributed by atoms with van der Waals surface area (Å²) in [6, 6.07) is 14.0. The van der Waals surface area contributed by atoms with Gasteiger partial charge in [-0.3, -0.25) is 9.59 Å². The van der Waals surface area contributed by atoms with Gasteiger partial charge in [-0.25, -0.2) is 13.1 Å². The number of nitrogens with one attached hydrogen (secondary N) is 3. The number of hydrogen-bond donors (Lipinski definition) is 3. The Morgan fingerprint density at radius 1 is 0.909 bits per heavy atom. The van der Waals surface area contributed by atoms with E-state index in [1.807, 2.05) is 13.8 Å². The van der Waals surface area contributed by atoms with Crippen molar-refractivity contribution in [3.63, 3.8) is 0 Å². The maximum atomic E-state index is 12.5. The van der Waals surface area contributed by atoms with Gasteiger partial charge in [-0.15, -0.1) is 0 Å². The van der Waals surface area contributed by atoms with Crippen LogP contribution in [-0.2, 0) is 19.6 Å². The molecule has 0 aromatic heterocycles. The van der Waals surface area contributed by atoms with E-state index in [0.29, 0.717) is 11.6 Å². The zero-order chi connectivity index (χ0) is 24.6. The maximum absolute atomic E-state index is 12.5. The molecule has 2 aromatic carbocycles. The standard InChI is InChI=1S/C25H35N3O4S/c1-6-18(4)20-7-9-21(10-8-20)25(17(2)3)28-24(30)15-16-26-33(31,32)23-13-11-22(12-14-23)27-19(5)29/h7-14,17-18,25-26H,6,15-16H2,1-5H3,(H,27,29)(H,28,30)/t18-,25+/m1/s1. The van der Waals surface area contributed by atoms with Crippen LogP contribution in [0.1, 0.15) is 70.5 Å². The first-order valence-electron chi connectivity index (χ1n) is 11.3. The van der Waals surface area contributed by atoms with Crippen LogP contribution >= 0.6 is 0 Å². The van der Waals surface area contributed by atoms with Crippen LogP contribution in [0.15, 0.2) is 53.4 Å². The van der Waals surface area contributed by atoms with E-state index in [4.69, 9.17) is 0 Å². The minimum Gasteiger partial charge on any atom is -0.349 e. The molecule has 2 aromatic rings. The smallest absolute Gasteiger partial charge is 0.240 e. The highest BCUT2D eigenvalue weighted by atomic mass is 32.2. The third kappa shape index (κ3) is 7.98. The first-order chi connectivity index (χ1) is 15.5. The van der Waals surface area contributed by atoms with E-state index in [9.17, 15) is 18.0 Å². The minimum atomic E-state index is -3.76. The monoisotopic (exact) mass is 473 g/mol. The zero-order valence-electron chi connectivity index (χ0n) is 20.0. The average molecular weight is 474 g/mol. The van der Waals surface area contributed by atoms with Crippen LogP contribution in [-0.4, -0.2) is 26.8 Å². The van der Waals surface area contributed by atoms with Gasteiger partial charge in [0.25, 0.3) is 0 Å². The Kier molecular flexibility index (Phi) is 9.61. The molecule has 2 atom stereocenters. The molecule has 2 rings (SSSR count). The lowest BCUT2D eigenvalue weighted by Gasteiger charge is -2.23. The normalized spacial score (nSPS) is 13.4. The summed E-state index contributed by atoms with van der Waals surface area (Å²) in [4.78, 5) is 23.7. The highest BCUT2D eigenvalue weighted by Gasteiger charge is 2.20. The van der Waals surface area contributed by atoms with Gasteiger partial charge in [-0.1, -0.05) is 52.0 Å². The lowest BCUT2D eigenvalue weighted by atomic mass is 9.92. The number of carbonyl (C=O) groups excluding carboxylic acids is 2. The molecular formula is C25H35N3O4S. The second kappa shape index (κ2) is 12.0. The van der Waals surface area contributed by atoms with E-state index >= 15 is 0 Å². The van der Waals surface area contributed by atoms with Crippen LogP contribution in [0.3, 0.4) is 0 Å². The van der Waals surface area contributed by atoms with Crippen LogP contribution in [0.4, 0.5) is 5.69 Å². The first-order valence-corrected chi connectivity index (χ1v) is 12.8. The van der Waals surface area contributed by atoms with Crippen molar-refractivity contribution in [2.75, 3.05) is 11.9 Å². The molecule has 7 nitrogen and oxygen atoms in total. The summed E-state index contributed by atoms with van der Waals surface area (Å²) in [5.41, 5.74) is 2.82. The predicted octanol–water partition coefficient (Wildman–Crippen LogP) is 4.34. The van der Waals surface area contributed by atoms with Gasteiger partial charge >= 0.3 is 0 Å². The molecule has 0 unspecified atom stereocenters. The van der Waals surface area contributed by atoms with Gasteiger partial charge in [0, 0.05) is 25.6 Å². The molecule has 2 amide bonds. The molecule has 0 aliphatic rings. The Labute approximate surface area is 197 Å². The fraction of sp³-hybridized carbons (Fsp3) is 0.440. The summed E-state index contributed by atoms with van der Waals surface area (Å²) in [5.74, 6) is 0.215. The van der Waals surface area contributed by atoms with E-state index in [0.717, 1.165) is 12.0 Å². The van der Waals surface area contributed by atoms with E-state index in [1.54, 1.807) is 0 Å². The average Bonchev–Trinajstić information content (AvgIpc) is 2.76. The third-order valence-corrected chi connectivity index (χ3v) is 7.07. The number of rotatable bonds is 11. The Hall–Kier alpha value is -2.71. The number of hydrogen-bond acceptors (Lipinski definition) is 4. The largest absolute Gasteiger partial charge is 0.349 e. The van der Waals surface area contributed by atoms with Gasteiger partial charge in [0.2, 0.25) is 21.8 Å². The second-order valence-electron chi connectivity index (χ2n) is 8.62. The van der Waals surface area contributed by atoms with Crippen molar-refractivity contribution in [2.45, 2.75) is 64.3 Å². The molecule has 0 aliphatic carbocycles. The van der Waals surface area contributed by atoms with E-state index in [1.165, 1.54) is 36.8 Å². The number of sulfonamides is 1. The third-order valence-electron chi connectivity index (χ3n) is 5.59. The topological polar surface area (TPSA) is 104 Å². The Morgan fingerprint density at radius 3 is 2.00 bits per heavy atom. The van der Waals surface area contributed by atoms with E-state index in [2.05, 4.69) is 53.5 Å². The summed E-state index contributed by atoms with van der Waals surface area (Å²) in [7, 11) is -3.76. The predicted molar refractivity (Wildman–Crippen MR) is 131 cm³/mol. The van der Waals surface area contributed by atoms with Crippen LogP contribution in [0.5, 0.6) is 0 Å². The molecule has 0 radical (unpaired) electrons. The van der Waals surface area contributed by atoms with Crippen molar-refractivity contribution in [3.05, 3.63) is 59.7 Å². The molecule has 33 heavy (non-hydrogen) atoms. The number of amides is 2. The molecule has 0 spiro atoms. The van der Waals surface area contributed by atoms with Crippen LogP contribution in [0.2, 0.25) is 0 Å². The fourth-order valence-corrected chi connectivity index (χ4v) is 4.48. The molecule has 0 fully saturated rings. The van der Waals surface area contributed by atoms with E-state index in [-0.39, 0.29) is 41.6 Å². The molecule has 180 valence electrons. The number of benzene rings is 2. The van der Waals surface area contributed by atoms with Crippen molar-refractivity contribution < 1.29 is 18.0 Å². The quantitative estimate of drug-likeness (QED) is 0.451. The summed E-state index contributed by atoms with van der Waals surface area (Å²) in [6.45, 7) is 9.80. The molecule has 8 heteroatoms. The second-order valence-corrected chi connectivity index (χ2v) is 10.4. The van der Waals surface area contributed by atoms with Crippen molar-refractivity contribution in [1.82, 2.24) is 10.0 Å². The molecule has 0 bridgehead atoms. The van der Waals surface area contributed by atoms with Gasteiger partial charge in [0.05, 0.1) is 10.9 Å². The molecule has 0 saturated carbocycles. The van der Waals surface area contributed by atoms with Gasteiger partial charge in [-0.05, 0) is 53.6 Å². The SMILES string of the molecule is CC[C@@H](C)c1ccc([C@@H](NC(=O)CCNS(=O)(=O)c2ccc(NC(C)=O)cc2)C(C)C)cc1. The molecule has 0 heterocycles. The summed E-state index contributed by atoms with van der Waals surface area (Å²) < 4.78 is 27.4. The Morgan fingerprint density at radius 2 is 1.48 bits per heavy atom. The van der Waals surface area contributed by atoms with Crippen LogP contribution in [0.25, 0.3) is 0 Å². The molecule has 0 saturated heterocycles. The number of anilines is 1. The summed E-state index contributed by atoms with van der Waals surface area (Å²) in [6.07, 6.45) is 1.09. The fourth-order valence-electron chi connectivity index (χ4n) is 3.45. The summed E-state index contributed by atoms with van der Waals surface area (Å²) >= 11 is 0. The highest BCUT2D eigenvalue weighted by Crippen LogP contribution is 2.25. The number of carbonyl (C=O) groups is 2. The Bertz CT molecular complexity index is 1030. The van der Waals surface area contributed by atoms with E-state index < -0.39 is 10.0 Å². The van der Waals surface area contributed by atoms with Gasteiger partial charge in [-0.2, -0.15) is 0 Å². The van der Waals surface area contributed by atoms with Gasteiger partial charge in [0.15, 0.2) is 0 Å². The van der Waals surface area contributed by atoms with Crippen LogP contribution in [0, 0.1) is 5.92 Å². The minimum absolute atomic E-state index is 0.0145. The molecule has 0 aliphatic heterocycles. The first kappa shape index (κ1) is 26.5. The van der Waals surface area contributed by atoms with Crippen molar-refractivity contribution in [1.29, 1.82) is 0 Å². The lowest BCUT2D eigenvalue weighted by molar-refractivity contribution is -0.122. The summed E-state index contributed by atoms with van der Waals surface area (Å²) in [5, 5.41) is 5.62. The van der Waals surface area contributed by atoms with Crippen LogP contribution < -0.4 is 15.4 Å². The highest BCUT2D eigenvalue weighted by molar-refractivity contribution is 7.89. The lowest BCUT2D eigenvalue weighted by Crippen LogP contribution is -2.34. The maximum Gasteiger partial charge on any atom is 0.240 e. The van der Waals surface area contributed by atoms with Gasteiger partial charge in [0.1, 0.15) is 0 Å². The van der Waals surface area contributed by atoms with Crippen molar-refractivity contribution >= 4 is 27.5 Å². The molecular weight excluding hydrogens is 438 g/mol. The van der Waals surface area contributed by atoms with Gasteiger partial charge < -0.3 is 10.6 Å². The molecule has 3 N–H and O–H groups in total. The zero-order valence-corrected chi connectivity index (χ0v) is 20.8. The Balaban J connectivity index is 1.93.